The fourth-order valence-electron chi connectivity index (χ4n) is 3.09. The minimum Gasteiger partial charge on any atom is -0.367 e. The van der Waals surface area contributed by atoms with Gasteiger partial charge in [-0.3, -0.25) is 4.79 Å². The van der Waals surface area contributed by atoms with Crippen molar-refractivity contribution in [2.75, 3.05) is 24.5 Å². The van der Waals surface area contributed by atoms with Crippen LogP contribution in [0.3, 0.4) is 0 Å². The van der Waals surface area contributed by atoms with E-state index in [9.17, 15) is 4.79 Å². The highest BCUT2D eigenvalue weighted by atomic mass is 16.2. The maximum atomic E-state index is 12.4. The second-order valence-electron chi connectivity index (χ2n) is 5.90. The number of anilines is 1. The summed E-state index contributed by atoms with van der Waals surface area (Å²) in [5.41, 5.74) is 2.56. The molecular weight excluding hydrogens is 276 g/mol. The third-order valence-corrected chi connectivity index (χ3v) is 4.28. The Balaban J connectivity index is 1.65. The lowest BCUT2D eigenvalue weighted by atomic mass is 10.1. The van der Waals surface area contributed by atoms with Crippen molar-refractivity contribution >= 4 is 11.6 Å². The van der Waals surface area contributed by atoms with Gasteiger partial charge in [0.2, 0.25) is 5.91 Å². The Labute approximate surface area is 131 Å². The minimum absolute atomic E-state index is 0.162. The van der Waals surface area contributed by atoms with E-state index >= 15 is 0 Å². The van der Waals surface area contributed by atoms with Gasteiger partial charge in [-0.1, -0.05) is 18.2 Å². The number of piperazine rings is 1. The first-order valence-electron chi connectivity index (χ1n) is 7.71. The molecule has 0 unspecified atom stereocenters. The summed E-state index contributed by atoms with van der Waals surface area (Å²) in [5, 5.41) is 0. The number of carbonyl (C=O) groups excluding carboxylic acids is 1. The van der Waals surface area contributed by atoms with Crippen molar-refractivity contribution in [2.24, 2.45) is 0 Å². The Kier molecular flexibility index (Phi) is 4.13. The number of hydrogen-bond donors (Lipinski definition) is 0. The molecule has 1 fully saturated rings. The predicted molar refractivity (Wildman–Crippen MR) is 86.8 cm³/mol. The van der Waals surface area contributed by atoms with Crippen molar-refractivity contribution in [3.8, 4) is 0 Å². The zero-order chi connectivity index (χ0) is 15.5. The molecular formula is C17H22N4O. The zero-order valence-electron chi connectivity index (χ0n) is 13.1. The smallest absolute Gasteiger partial charge is 0.242 e. The number of hydrogen-bond acceptors (Lipinski definition) is 3. The van der Waals surface area contributed by atoms with Crippen molar-refractivity contribution in [1.29, 1.82) is 0 Å². The molecule has 0 bridgehead atoms. The van der Waals surface area contributed by atoms with Crippen molar-refractivity contribution < 1.29 is 4.79 Å². The number of rotatable bonds is 3. The van der Waals surface area contributed by atoms with Crippen molar-refractivity contribution in [1.82, 2.24) is 14.5 Å². The van der Waals surface area contributed by atoms with Gasteiger partial charge in [0.25, 0.3) is 0 Å². The van der Waals surface area contributed by atoms with E-state index < -0.39 is 0 Å². The third-order valence-electron chi connectivity index (χ3n) is 4.28. The standard InChI is InChI=1S/C17H22N4O/c1-14-5-3-4-6-16(14)20-9-10-21(15(2)11-20)17(22)12-19-8-7-18-13-19/h3-8,13,15H,9-12H2,1-2H3/t15-/m0/s1. The lowest BCUT2D eigenvalue weighted by Crippen LogP contribution is -2.54. The third kappa shape index (κ3) is 2.98. The van der Waals surface area contributed by atoms with E-state index in [1.807, 2.05) is 15.7 Å². The molecule has 1 aromatic carbocycles. The van der Waals surface area contributed by atoms with Gasteiger partial charge in [-0.25, -0.2) is 4.98 Å². The number of imidazole rings is 1. The average molecular weight is 298 g/mol. The maximum absolute atomic E-state index is 12.4. The molecule has 2 aromatic rings. The first-order valence-corrected chi connectivity index (χ1v) is 7.71. The molecule has 1 aliphatic rings. The summed E-state index contributed by atoms with van der Waals surface area (Å²) in [5.74, 6) is 0.162. The quantitative estimate of drug-likeness (QED) is 0.869. The van der Waals surface area contributed by atoms with Crippen LogP contribution in [0, 0.1) is 6.92 Å². The molecule has 1 aromatic heterocycles. The highest BCUT2D eigenvalue weighted by Gasteiger charge is 2.27. The van der Waals surface area contributed by atoms with Gasteiger partial charge in [0.1, 0.15) is 6.54 Å². The van der Waals surface area contributed by atoms with Crippen LogP contribution >= 0.6 is 0 Å². The molecule has 0 N–H and O–H groups in total. The van der Waals surface area contributed by atoms with Crippen LogP contribution in [0.1, 0.15) is 12.5 Å². The van der Waals surface area contributed by atoms with Crippen LogP contribution in [-0.4, -0.2) is 46.0 Å². The maximum Gasteiger partial charge on any atom is 0.242 e. The number of amides is 1. The van der Waals surface area contributed by atoms with Gasteiger partial charge in [-0.2, -0.15) is 0 Å². The fraction of sp³-hybridized carbons (Fsp3) is 0.412. The van der Waals surface area contributed by atoms with Crippen LogP contribution < -0.4 is 4.90 Å². The fourth-order valence-corrected chi connectivity index (χ4v) is 3.09. The Morgan fingerprint density at radius 3 is 2.82 bits per heavy atom. The van der Waals surface area contributed by atoms with Crippen LogP contribution in [0.4, 0.5) is 5.69 Å². The molecule has 5 nitrogen and oxygen atoms in total. The molecule has 0 aliphatic carbocycles. The lowest BCUT2D eigenvalue weighted by molar-refractivity contribution is -0.134. The molecule has 3 rings (SSSR count). The summed E-state index contributed by atoms with van der Waals surface area (Å²) in [4.78, 5) is 20.8. The van der Waals surface area contributed by atoms with Crippen LogP contribution in [0.5, 0.6) is 0 Å². The first kappa shape index (κ1) is 14.6. The monoisotopic (exact) mass is 298 g/mol. The molecule has 5 heteroatoms. The number of benzene rings is 1. The van der Waals surface area contributed by atoms with Gasteiger partial charge in [0.05, 0.1) is 6.33 Å². The van der Waals surface area contributed by atoms with Crippen LogP contribution in [0.15, 0.2) is 43.0 Å². The summed E-state index contributed by atoms with van der Waals surface area (Å²) in [6, 6.07) is 8.64. The number of para-hydroxylation sites is 1. The Hall–Kier alpha value is -2.30. The summed E-state index contributed by atoms with van der Waals surface area (Å²) < 4.78 is 1.82. The molecule has 1 atom stereocenters. The van der Waals surface area contributed by atoms with E-state index in [1.165, 1.54) is 11.3 Å². The second kappa shape index (κ2) is 6.22. The summed E-state index contributed by atoms with van der Waals surface area (Å²) in [6.45, 7) is 7.15. The van der Waals surface area contributed by atoms with E-state index in [0.29, 0.717) is 6.54 Å². The van der Waals surface area contributed by atoms with Gasteiger partial charge in [0, 0.05) is 43.8 Å². The van der Waals surface area contributed by atoms with Gasteiger partial charge in [0.15, 0.2) is 0 Å². The molecule has 22 heavy (non-hydrogen) atoms. The van der Waals surface area contributed by atoms with Crippen LogP contribution in [-0.2, 0) is 11.3 Å². The van der Waals surface area contributed by atoms with Gasteiger partial charge in [-0.15, -0.1) is 0 Å². The Morgan fingerprint density at radius 1 is 1.32 bits per heavy atom. The molecule has 2 heterocycles. The highest BCUT2D eigenvalue weighted by molar-refractivity contribution is 5.76. The summed E-state index contributed by atoms with van der Waals surface area (Å²) >= 11 is 0. The Morgan fingerprint density at radius 2 is 2.14 bits per heavy atom. The molecule has 116 valence electrons. The van der Waals surface area contributed by atoms with E-state index in [-0.39, 0.29) is 11.9 Å². The molecule has 0 saturated carbocycles. The average Bonchev–Trinajstić information content (AvgIpc) is 3.00. The normalized spacial score (nSPS) is 18.5. The zero-order valence-corrected chi connectivity index (χ0v) is 13.1. The molecule has 1 saturated heterocycles. The number of aryl methyl sites for hydroxylation is 1. The van der Waals surface area contributed by atoms with Crippen LogP contribution in [0.25, 0.3) is 0 Å². The lowest BCUT2D eigenvalue weighted by Gasteiger charge is -2.41. The van der Waals surface area contributed by atoms with E-state index in [1.54, 1.807) is 12.5 Å². The van der Waals surface area contributed by atoms with Crippen molar-refractivity contribution in [2.45, 2.75) is 26.4 Å². The molecule has 1 aliphatic heterocycles. The largest absolute Gasteiger partial charge is 0.367 e. The number of carbonyl (C=O) groups is 1. The number of aromatic nitrogens is 2. The second-order valence-corrected chi connectivity index (χ2v) is 5.90. The highest BCUT2D eigenvalue weighted by Crippen LogP contribution is 2.22. The molecule has 1 amide bonds. The molecule has 0 spiro atoms. The number of nitrogens with zero attached hydrogens (tertiary/aromatic N) is 4. The van der Waals surface area contributed by atoms with Crippen molar-refractivity contribution in [3.63, 3.8) is 0 Å². The first-order chi connectivity index (χ1) is 10.6. The van der Waals surface area contributed by atoms with Crippen LogP contribution in [0.2, 0.25) is 0 Å². The van der Waals surface area contributed by atoms with Crippen molar-refractivity contribution in [3.05, 3.63) is 48.5 Å². The summed E-state index contributed by atoms with van der Waals surface area (Å²) in [7, 11) is 0. The van der Waals surface area contributed by atoms with Gasteiger partial charge >= 0.3 is 0 Å². The van der Waals surface area contributed by atoms with E-state index in [4.69, 9.17) is 0 Å². The summed E-state index contributed by atoms with van der Waals surface area (Å²) in [6.07, 6.45) is 5.21. The predicted octanol–water partition coefficient (Wildman–Crippen LogP) is 1.93. The van der Waals surface area contributed by atoms with Gasteiger partial charge < -0.3 is 14.4 Å². The topological polar surface area (TPSA) is 41.4 Å². The Bertz CT molecular complexity index is 638. The minimum atomic E-state index is 0.162. The van der Waals surface area contributed by atoms with Gasteiger partial charge in [-0.05, 0) is 25.5 Å². The molecule has 0 radical (unpaired) electrons. The SMILES string of the molecule is Cc1ccccc1N1CCN(C(=O)Cn2ccnc2)[C@@H](C)C1. The van der Waals surface area contributed by atoms with E-state index in [2.05, 4.69) is 48.0 Å². The van der Waals surface area contributed by atoms with E-state index in [0.717, 1.165) is 19.6 Å².